The Hall–Kier alpha value is -3.61. The molecule has 0 spiro atoms. The summed E-state index contributed by atoms with van der Waals surface area (Å²) >= 11 is 0. The van der Waals surface area contributed by atoms with Gasteiger partial charge in [-0.05, 0) is 41.5 Å². The lowest BCUT2D eigenvalue weighted by Gasteiger charge is -2.11. The maximum Gasteiger partial charge on any atom is 0.416 e. The summed E-state index contributed by atoms with van der Waals surface area (Å²) in [5.74, 6) is -1.33. The highest BCUT2D eigenvalue weighted by atomic mass is 19.4. The van der Waals surface area contributed by atoms with Crippen LogP contribution in [0.5, 0.6) is 0 Å². The van der Waals surface area contributed by atoms with Crippen molar-refractivity contribution in [2.45, 2.75) is 6.18 Å². The van der Waals surface area contributed by atoms with Gasteiger partial charge in [-0.1, -0.05) is 48.5 Å². The molecule has 0 radical (unpaired) electrons. The molecule has 0 bridgehead atoms. The second kappa shape index (κ2) is 8.60. The molecule has 0 aliphatic carbocycles. The molecule has 4 nitrogen and oxygen atoms in total. The van der Waals surface area contributed by atoms with Gasteiger partial charge >= 0.3 is 12.1 Å². The minimum absolute atomic E-state index is 0.170. The van der Waals surface area contributed by atoms with Crippen LogP contribution in [-0.4, -0.2) is 18.5 Å². The summed E-state index contributed by atoms with van der Waals surface area (Å²) in [6.45, 7) is -0.566. The van der Waals surface area contributed by atoms with Gasteiger partial charge in [-0.15, -0.1) is 0 Å². The minimum atomic E-state index is -4.45. The number of ether oxygens (including phenoxy) is 1. The van der Waals surface area contributed by atoms with E-state index in [1.807, 2.05) is 30.3 Å². The van der Waals surface area contributed by atoms with Crippen LogP contribution in [0.25, 0.3) is 11.1 Å². The predicted octanol–water partition coefficient (Wildman–Crippen LogP) is 5.17. The summed E-state index contributed by atoms with van der Waals surface area (Å²) < 4.78 is 42.8. The van der Waals surface area contributed by atoms with Gasteiger partial charge < -0.3 is 10.1 Å². The molecule has 3 aromatic carbocycles. The van der Waals surface area contributed by atoms with Crippen LogP contribution >= 0.6 is 0 Å². The molecule has 0 atom stereocenters. The van der Waals surface area contributed by atoms with E-state index in [1.165, 1.54) is 0 Å². The Morgan fingerprint density at radius 1 is 0.828 bits per heavy atom. The van der Waals surface area contributed by atoms with Gasteiger partial charge in [0.2, 0.25) is 0 Å². The smallest absolute Gasteiger partial charge is 0.416 e. The van der Waals surface area contributed by atoms with E-state index in [-0.39, 0.29) is 5.69 Å². The van der Waals surface area contributed by atoms with Crippen LogP contribution in [0.15, 0.2) is 78.9 Å². The van der Waals surface area contributed by atoms with Crippen molar-refractivity contribution < 1.29 is 27.5 Å². The Morgan fingerprint density at radius 3 is 2.10 bits per heavy atom. The zero-order valence-electron chi connectivity index (χ0n) is 15.1. The number of esters is 1. The summed E-state index contributed by atoms with van der Waals surface area (Å²) in [6, 6.07) is 20.1. The third-order valence-corrected chi connectivity index (χ3v) is 4.06. The first-order valence-electron chi connectivity index (χ1n) is 8.63. The molecule has 0 saturated heterocycles. The van der Waals surface area contributed by atoms with Gasteiger partial charge in [0.25, 0.3) is 5.91 Å². The molecule has 0 aliphatic heterocycles. The zero-order chi connectivity index (χ0) is 20.9. The van der Waals surface area contributed by atoms with Crippen molar-refractivity contribution in [2.24, 2.45) is 0 Å². The van der Waals surface area contributed by atoms with E-state index in [1.54, 1.807) is 24.3 Å². The average Bonchev–Trinajstić information content (AvgIpc) is 2.72. The van der Waals surface area contributed by atoms with Crippen LogP contribution in [0.2, 0.25) is 0 Å². The van der Waals surface area contributed by atoms with Gasteiger partial charge in [0.05, 0.1) is 11.1 Å². The molecule has 148 valence electrons. The second-order valence-electron chi connectivity index (χ2n) is 6.11. The van der Waals surface area contributed by atoms with E-state index in [4.69, 9.17) is 4.74 Å². The number of carbonyl (C=O) groups is 2. The third kappa shape index (κ3) is 5.22. The summed E-state index contributed by atoms with van der Waals surface area (Å²) in [7, 11) is 0. The lowest BCUT2D eigenvalue weighted by Crippen LogP contribution is -2.21. The lowest BCUT2D eigenvalue weighted by molar-refractivity contribution is -0.137. The van der Waals surface area contributed by atoms with E-state index in [0.29, 0.717) is 11.1 Å². The maximum absolute atomic E-state index is 12.6. The van der Waals surface area contributed by atoms with Crippen molar-refractivity contribution in [1.82, 2.24) is 0 Å². The van der Waals surface area contributed by atoms with Gasteiger partial charge in [-0.3, -0.25) is 4.79 Å². The van der Waals surface area contributed by atoms with Crippen molar-refractivity contribution in [3.8, 4) is 11.1 Å². The normalized spacial score (nSPS) is 11.0. The van der Waals surface area contributed by atoms with E-state index in [9.17, 15) is 22.8 Å². The van der Waals surface area contributed by atoms with Gasteiger partial charge in [-0.2, -0.15) is 13.2 Å². The number of hydrogen-bond acceptors (Lipinski definition) is 3. The SMILES string of the molecule is O=C(COC(=O)c1ccccc1-c1ccccc1)Nc1ccc(C(F)(F)F)cc1. The highest BCUT2D eigenvalue weighted by Gasteiger charge is 2.30. The molecule has 0 unspecified atom stereocenters. The van der Waals surface area contributed by atoms with Gasteiger partial charge in [-0.25, -0.2) is 4.79 Å². The van der Waals surface area contributed by atoms with Crippen LogP contribution in [0.1, 0.15) is 15.9 Å². The van der Waals surface area contributed by atoms with E-state index < -0.39 is 30.2 Å². The van der Waals surface area contributed by atoms with Gasteiger partial charge in [0.1, 0.15) is 0 Å². The third-order valence-electron chi connectivity index (χ3n) is 4.06. The number of amides is 1. The van der Waals surface area contributed by atoms with Crippen molar-refractivity contribution >= 4 is 17.6 Å². The first-order chi connectivity index (χ1) is 13.8. The largest absolute Gasteiger partial charge is 0.452 e. The van der Waals surface area contributed by atoms with Crippen LogP contribution < -0.4 is 5.32 Å². The number of anilines is 1. The molecule has 1 amide bonds. The molecule has 0 aromatic heterocycles. The summed E-state index contributed by atoms with van der Waals surface area (Å²) in [5.41, 5.74) is 1.15. The number of rotatable bonds is 5. The minimum Gasteiger partial charge on any atom is -0.452 e. The fourth-order valence-electron chi connectivity index (χ4n) is 2.68. The number of hydrogen-bond donors (Lipinski definition) is 1. The number of halogens is 3. The zero-order valence-corrected chi connectivity index (χ0v) is 15.1. The molecule has 29 heavy (non-hydrogen) atoms. The molecule has 0 heterocycles. The number of nitrogens with one attached hydrogen (secondary N) is 1. The Kier molecular flexibility index (Phi) is 5.97. The van der Waals surface area contributed by atoms with Crippen LogP contribution in [-0.2, 0) is 15.7 Å². The fraction of sp³-hybridized carbons (Fsp3) is 0.0909. The second-order valence-corrected chi connectivity index (χ2v) is 6.11. The quantitative estimate of drug-likeness (QED) is 0.603. The highest BCUT2D eigenvalue weighted by molar-refractivity contribution is 5.99. The number of alkyl halides is 3. The summed E-state index contributed by atoms with van der Waals surface area (Å²) in [4.78, 5) is 24.4. The van der Waals surface area contributed by atoms with Crippen LogP contribution in [0.4, 0.5) is 18.9 Å². The Labute approximate surface area is 164 Å². The van der Waals surface area contributed by atoms with Gasteiger partial charge in [0.15, 0.2) is 6.61 Å². The molecular weight excluding hydrogens is 383 g/mol. The van der Waals surface area contributed by atoms with Crippen LogP contribution in [0, 0.1) is 0 Å². The van der Waals surface area contributed by atoms with Crippen molar-refractivity contribution in [3.05, 3.63) is 90.0 Å². The maximum atomic E-state index is 12.6. The predicted molar refractivity (Wildman–Crippen MR) is 102 cm³/mol. The monoisotopic (exact) mass is 399 g/mol. The Bertz CT molecular complexity index is 1000. The molecule has 0 fully saturated rings. The highest BCUT2D eigenvalue weighted by Crippen LogP contribution is 2.29. The lowest BCUT2D eigenvalue weighted by atomic mass is 10.00. The standard InChI is InChI=1S/C22H16F3NO3/c23-22(24,25)16-10-12-17(13-11-16)26-20(27)14-29-21(28)19-9-5-4-8-18(19)15-6-2-1-3-7-15/h1-13H,14H2,(H,26,27). The molecule has 3 rings (SSSR count). The number of carbonyl (C=O) groups excluding carboxylic acids is 2. The van der Waals surface area contributed by atoms with E-state index in [2.05, 4.69) is 5.32 Å². The van der Waals surface area contributed by atoms with E-state index >= 15 is 0 Å². The van der Waals surface area contributed by atoms with Crippen molar-refractivity contribution in [3.63, 3.8) is 0 Å². The van der Waals surface area contributed by atoms with E-state index in [0.717, 1.165) is 29.8 Å². The van der Waals surface area contributed by atoms with Gasteiger partial charge in [0, 0.05) is 5.69 Å². The van der Waals surface area contributed by atoms with Crippen LogP contribution in [0.3, 0.4) is 0 Å². The molecular formula is C22H16F3NO3. The average molecular weight is 399 g/mol. The number of benzene rings is 3. The Balaban J connectivity index is 1.62. The first kappa shape index (κ1) is 20.1. The Morgan fingerprint density at radius 2 is 1.45 bits per heavy atom. The fourth-order valence-corrected chi connectivity index (χ4v) is 2.68. The molecule has 0 aliphatic rings. The van der Waals surface area contributed by atoms with Crippen molar-refractivity contribution in [2.75, 3.05) is 11.9 Å². The molecule has 3 aromatic rings. The summed E-state index contributed by atoms with van der Waals surface area (Å²) in [5, 5.41) is 2.39. The molecule has 7 heteroatoms. The first-order valence-corrected chi connectivity index (χ1v) is 8.63. The van der Waals surface area contributed by atoms with Crippen molar-refractivity contribution in [1.29, 1.82) is 0 Å². The molecule has 0 saturated carbocycles. The summed E-state index contributed by atoms with van der Waals surface area (Å²) in [6.07, 6.45) is -4.45. The topological polar surface area (TPSA) is 55.4 Å². The molecule has 1 N–H and O–H groups in total.